The zero-order valence-electron chi connectivity index (χ0n) is 33.3. The van der Waals surface area contributed by atoms with E-state index in [1.165, 1.54) is 21.9 Å². The van der Waals surface area contributed by atoms with Gasteiger partial charge in [-0.15, -0.1) is 0 Å². The Morgan fingerprint density at radius 3 is 1.51 bits per heavy atom. The molecule has 0 bridgehead atoms. The molecule has 4 aliphatic heterocycles. The number of para-hydroxylation sites is 2. The van der Waals surface area contributed by atoms with Crippen molar-refractivity contribution in [3.05, 3.63) is 120 Å². The molecular weight excluding hydrogens is 741 g/mol. The molecule has 59 heavy (non-hydrogen) atoms. The van der Waals surface area contributed by atoms with Crippen molar-refractivity contribution in [3.8, 4) is 11.5 Å². The number of rotatable bonds is 9. The van der Waals surface area contributed by atoms with Gasteiger partial charge in [-0.2, -0.15) is 0 Å². The van der Waals surface area contributed by atoms with Crippen LogP contribution in [-0.2, 0) is 22.4 Å². The highest BCUT2D eigenvalue weighted by atomic mass is 16.5. The number of carbonyl (C=O) groups excluding carboxylic acids is 2. The fourth-order valence-electron chi connectivity index (χ4n) is 8.23. The van der Waals surface area contributed by atoms with Gasteiger partial charge in [-0.25, -0.2) is 9.97 Å². The standard InChI is InChI=1S/C24H26N4O2.C23H24N4O2/c29-24-17-30-22-9-7-18(16-21(22)26-24)4-3-11-27-12-14-28(15-13-27)23-10-8-19-5-1-2-6-20(19)25-23;28-23-16-29-21-7-5-17(15-20(21)25-23)9-10-26-11-13-27(14-12-26)22-8-6-18-3-1-2-4-19(18)24-22/h1-2,5-10,16H,3-4,11-15,17H2,(H,26,29);1-8,15H,9-14,16H2,(H,25,28). The van der Waals surface area contributed by atoms with Crippen molar-refractivity contribution in [3.63, 3.8) is 0 Å². The van der Waals surface area contributed by atoms with Crippen molar-refractivity contribution in [2.75, 3.05) is 99.1 Å². The number of anilines is 4. The molecule has 2 amide bonds. The second-order valence-corrected chi connectivity index (χ2v) is 15.6. The van der Waals surface area contributed by atoms with E-state index in [0.717, 1.165) is 130 Å². The minimum atomic E-state index is -0.0897. The number of nitrogens with one attached hydrogen (secondary N) is 2. The van der Waals surface area contributed by atoms with E-state index in [9.17, 15) is 9.59 Å². The number of aryl methyl sites for hydroxylation is 1. The zero-order chi connectivity index (χ0) is 40.0. The van der Waals surface area contributed by atoms with Gasteiger partial charge in [-0.05, 0) is 97.6 Å². The summed E-state index contributed by atoms with van der Waals surface area (Å²) in [4.78, 5) is 42.4. The van der Waals surface area contributed by atoms with E-state index in [1.54, 1.807) is 0 Å². The first kappa shape index (κ1) is 38.3. The number of aromatic nitrogens is 2. The maximum atomic E-state index is 11.5. The predicted octanol–water partition coefficient (Wildman–Crippen LogP) is 6.25. The molecule has 0 radical (unpaired) electrons. The molecule has 0 aliphatic carbocycles. The Morgan fingerprint density at radius 2 is 0.983 bits per heavy atom. The van der Waals surface area contributed by atoms with Gasteiger partial charge < -0.3 is 29.9 Å². The molecule has 12 nitrogen and oxygen atoms in total. The first-order valence-electron chi connectivity index (χ1n) is 20.8. The first-order chi connectivity index (χ1) is 29.0. The molecule has 0 spiro atoms. The molecule has 10 rings (SSSR count). The lowest BCUT2D eigenvalue weighted by atomic mass is 10.1. The lowest BCUT2D eigenvalue weighted by Gasteiger charge is -2.35. The van der Waals surface area contributed by atoms with Crippen LogP contribution in [-0.4, -0.2) is 110 Å². The van der Waals surface area contributed by atoms with Crippen LogP contribution >= 0.6 is 0 Å². The van der Waals surface area contributed by atoms with E-state index in [0.29, 0.717) is 0 Å². The smallest absolute Gasteiger partial charge is 0.262 e. The Labute approximate surface area is 344 Å². The molecule has 2 aromatic heterocycles. The summed E-state index contributed by atoms with van der Waals surface area (Å²) in [5, 5.41) is 8.14. The maximum absolute atomic E-state index is 11.5. The molecule has 12 heteroatoms. The van der Waals surface area contributed by atoms with E-state index in [-0.39, 0.29) is 25.0 Å². The summed E-state index contributed by atoms with van der Waals surface area (Å²) in [5.74, 6) is 3.48. The summed E-state index contributed by atoms with van der Waals surface area (Å²) < 4.78 is 10.9. The van der Waals surface area contributed by atoms with E-state index in [4.69, 9.17) is 19.4 Å². The maximum Gasteiger partial charge on any atom is 0.262 e. The molecular formula is C47H50N8O4. The van der Waals surface area contributed by atoms with Gasteiger partial charge in [0.2, 0.25) is 0 Å². The van der Waals surface area contributed by atoms with Gasteiger partial charge in [0.1, 0.15) is 23.1 Å². The quantitative estimate of drug-likeness (QED) is 0.174. The van der Waals surface area contributed by atoms with Crippen molar-refractivity contribution in [2.24, 2.45) is 0 Å². The fraction of sp³-hybridized carbons (Fsp3) is 0.319. The summed E-state index contributed by atoms with van der Waals surface area (Å²) in [5.41, 5.74) is 6.14. The average molecular weight is 791 g/mol. The van der Waals surface area contributed by atoms with Gasteiger partial charge in [-0.3, -0.25) is 19.4 Å². The second-order valence-electron chi connectivity index (χ2n) is 15.6. The summed E-state index contributed by atoms with van der Waals surface area (Å²) in [6, 6.07) is 37.3. The Hall–Kier alpha value is -6.24. The van der Waals surface area contributed by atoms with Crippen LogP contribution in [0.1, 0.15) is 17.5 Å². The normalized spacial score (nSPS) is 16.9. The minimum absolute atomic E-state index is 0.0848. The number of hydrogen-bond donors (Lipinski definition) is 2. The van der Waals surface area contributed by atoms with Crippen LogP contribution in [0.15, 0.2) is 109 Å². The van der Waals surface area contributed by atoms with Gasteiger partial charge in [-0.1, -0.05) is 48.5 Å². The van der Waals surface area contributed by atoms with Crippen LogP contribution in [0.3, 0.4) is 0 Å². The van der Waals surface area contributed by atoms with Gasteiger partial charge in [0.15, 0.2) is 13.2 Å². The van der Waals surface area contributed by atoms with Crippen LogP contribution < -0.4 is 29.9 Å². The van der Waals surface area contributed by atoms with Crippen LogP contribution in [0.25, 0.3) is 21.8 Å². The van der Waals surface area contributed by atoms with Crippen LogP contribution in [0.5, 0.6) is 11.5 Å². The van der Waals surface area contributed by atoms with Crippen molar-refractivity contribution < 1.29 is 19.1 Å². The molecule has 0 saturated carbocycles. The van der Waals surface area contributed by atoms with E-state index in [2.05, 4.69) is 97.0 Å². The molecule has 6 heterocycles. The van der Waals surface area contributed by atoms with E-state index in [1.807, 2.05) is 42.5 Å². The molecule has 2 saturated heterocycles. The SMILES string of the molecule is O=C1COc2ccc(CCCN3CCN(c4ccc5ccccc5n4)CC3)cc2N1.O=C1COc2ccc(CCN3CCN(c4ccc5ccccc5n4)CC3)cc2N1. The van der Waals surface area contributed by atoms with Crippen molar-refractivity contribution >= 4 is 56.6 Å². The number of nitrogens with zero attached hydrogens (tertiary/aromatic N) is 6. The Morgan fingerprint density at radius 1 is 0.508 bits per heavy atom. The molecule has 4 aliphatic rings. The van der Waals surface area contributed by atoms with Crippen LogP contribution in [0, 0.1) is 0 Å². The van der Waals surface area contributed by atoms with Crippen molar-refractivity contribution in [1.29, 1.82) is 0 Å². The van der Waals surface area contributed by atoms with Crippen molar-refractivity contribution in [2.45, 2.75) is 19.3 Å². The summed E-state index contributed by atoms with van der Waals surface area (Å²) >= 11 is 0. The molecule has 0 atom stereocenters. The third kappa shape index (κ3) is 9.40. The fourth-order valence-corrected chi connectivity index (χ4v) is 8.23. The molecule has 2 fully saturated rings. The number of carbonyl (C=O) groups is 2. The van der Waals surface area contributed by atoms with E-state index >= 15 is 0 Å². The van der Waals surface area contributed by atoms with Gasteiger partial charge in [0, 0.05) is 69.7 Å². The summed E-state index contributed by atoms with van der Waals surface area (Å²) in [6.07, 6.45) is 3.05. The Balaban J connectivity index is 0.000000152. The zero-order valence-corrected chi connectivity index (χ0v) is 33.3. The van der Waals surface area contributed by atoms with Gasteiger partial charge in [0.25, 0.3) is 11.8 Å². The number of piperazine rings is 2. The van der Waals surface area contributed by atoms with Gasteiger partial charge in [0.05, 0.1) is 22.4 Å². The largest absolute Gasteiger partial charge is 0.482 e. The summed E-state index contributed by atoms with van der Waals surface area (Å²) in [7, 11) is 0. The minimum Gasteiger partial charge on any atom is -0.482 e. The highest BCUT2D eigenvalue weighted by molar-refractivity contribution is 5.96. The Kier molecular flexibility index (Phi) is 11.5. The monoisotopic (exact) mass is 790 g/mol. The molecule has 4 aromatic carbocycles. The van der Waals surface area contributed by atoms with Crippen LogP contribution in [0.4, 0.5) is 23.0 Å². The Bertz CT molecular complexity index is 2440. The lowest BCUT2D eigenvalue weighted by molar-refractivity contribution is -0.119. The molecule has 302 valence electrons. The number of benzene rings is 4. The predicted molar refractivity (Wildman–Crippen MR) is 234 cm³/mol. The third-order valence-electron chi connectivity index (χ3n) is 11.6. The molecule has 6 aromatic rings. The van der Waals surface area contributed by atoms with E-state index < -0.39 is 0 Å². The summed E-state index contributed by atoms with van der Waals surface area (Å²) in [6.45, 7) is 10.4. The topological polar surface area (TPSA) is 115 Å². The number of hydrogen-bond acceptors (Lipinski definition) is 10. The highest BCUT2D eigenvalue weighted by Crippen LogP contribution is 2.30. The lowest BCUT2D eigenvalue weighted by Crippen LogP contribution is -2.47. The number of ether oxygens (including phenoxy) is 2. The second kappa shape index (κ2) is 17.7. The number of fused-ring (bicyclic) bond motifs is 4. The molecule has 2 N–H and O–H groups in total. The number of pyridine rings is 2. The number of amides is 2. The van der Waals surface area contributed by atoms with Crippen molar-refractivity contribution in [1.82, 2.24) is 19.8 Å². The third-order valence-corrected chi connectivity index (χ3v) is 11.6. The average Bonchev–Trinajstić information content (AvgIpc) is 3.28. The van der Waals surface area contributed by atoms with Gasteiger partial charge >= 0.3 is 0 Å². The van der Waals surface area contributed by atoms with Crippen LogP contribution in [0.2, 0.25) is 0 Å². The molecule has 0 unspecified atom stereocenters. The highest BCUT2D eigenvalue weighted by Gasteiger charge is 2.21. The first-order valence-corrected chi connectivity index (χ1v) is 20.8.